The van der Waals surface area contributed by atoms with Gasteiger partial charge in [0.2, 0.25) is 10.0 Å². The van der Waals surface area contributed by atoms with Crippen LogP contribution in [0.1, 0.15) is 30.9 Å². The van der Waals surface area contributed by atoms with Gasteiger partial charge in [-0.15, -0.1) is 0 Å². The zero-order chi connectivity index (χ0) is 13.6. The zero-order valence-corrected chi connectivity index (χ0v) is 12.0. The molecule has 2 N–H and O–H groups in total. The molecule has 0 atom stereocenters. The summed E-state index contributed by atoms with van der Waals surface area (Å²) in [6, 6.07) is 8.48. The molecule has 0 aromatic heterocycles. The Morgan fingerprint density at radius 3 is 2.22 bits per heavy atom. The van der Waals surface area contributed by atoms with E-state index in [9.17, 15) is 8.42 Å². The molecule has 0 radical (unpaired) electrons. The van der Waals surface area contributed by atoms with Crippen molar-refractivity contribution in [3.8, 4) is 0 Å². The molecule has 0 bridgehead atoms. The summed E-state index contributed by atoms with van der Waals surface area (Å²) in [4.78, 5) is 0. The first-order chi connectivity index (χ1) is 8.38. The van der Waals surface area contributed by atoms with Gasteiger partial charge in [0.1, 0.15) is 0 Å². The fourth-order valence-electron chi connectivity index (χ4n) is 1.58. The van der Waals surface area contributed by atoms with Crippen LogP contribution in [0, 0.1) is 0 Å². The fourth-order valence-corrected chi connectivity index (χ4v) is 2.05. The average molecular weight is 270 g/mol. The molecule has 5 heteroatoms. The van der Waals surface area contributed by atoms with Gasteiger partial charge in [0.15, 0.2) is 0 Å². The summed E-state index contributed by atoms with van der Waals surface area (Å²) >= 11 is 0. The summed E-state index contributed by atoms with van der Waals surface area (Å²) < 4.78 is 24.1. The van der Waals surface area contributed by atoms with Crippen molar-refractivity contribution in [3.05, 3.63) is 35.4 Å². The third-order valence-electron chi connectivity index (χ3n) is 2.64. The minimum atomic E-state index is -3.07. The van der Waals surface area contributed by atoms with Gasteiger partial charge in [0.05, 0.1) is 6.26 Å². The van der Waals surface area contributed by atoms with Crippen LogP contribution in [0.3, 0.4) is 0 Å². The third-order valence-corrected chi connectivity index (χ3v) is 3.37. The molecule has 0 spiro atoms. The van der Waals surface area contributed by atoms with Gasteiger partial charge in [-0.2, -0.15) is 0 Å². The van der Waals surface area contributed by atoms with Crippen LogP contribution in [0.25, 0.3) is 0 Å². The van der Waals surface area contributed by atoms with E-state index in [0.717, 1.165) is 12.8 Å². The SMILES string of the molecule is CC(C)c1ccc(CNCCNS(C)(=O)=O)cc1. The van der Waals surface area contributed by atoms with Crippen LogP contribution in [0.2, 0.25) is 0 Å². The van der Waals surface area contributed by atoms with Gasteiger partial charge in [-0.25, -0.2) is 13.1 Å². The van der Waals surface area contributed by atoms with Crippen molar-refractivity contribution in [2.45, 2.75) is 26.3 Å². The highest BCUT2D eigenvalue weighted by Crippen LogP contribution is 2.14. The molecule has 0 aliphatic rings. The molecule has 18 heavy (non-hydrogen) atoms. The average Bonchev–Trinajstić information content (AvgIpc) is 2.27. The maximum Gasteiger partial charge on any atom is 0.208 e. The Morgan fingerprint density at radius 2 is 1.72 bits per heavy atom. The summed E-state index contributed by atoms with van der Waals surface area (Å²) in [5.41, 5.74) is 2.54. The predicted octanol–water partition coefficient (Wildman–Crippen LogP) is 1.45. The molecule has 0 amide bonds. The Labute approximate surface area is 110 Å². The standard InChI is InChI=1S/C13H22N2O2S/c1-11(2)13-6-4-12(5-7-13)10-14-8-9-15-18(3,16)17/h4-7,11,14-15H,8-10H2,1-3H3. The van der Waals surface area contributed by atoms with Gasteiger partial charge >= 0.3 is 0 Å². The van der Waals surface area contributed by atoms with E-state index in [2.05, 4.69) is 48.2 Å². The lowest BCUT2D eigenvalue weighted by Gasteiger charge is -2.08. The minimum absolute atomic E-state index is 0.420. The van der Waals surface area contributed by atoms with Crippen molar-refractivity contribution in [2.75, 3.05) is 19.3 Å². The third kappa shape index (κ3) is 6.14. The second kappa shape index (κ2) is 6.87. The minimum Gasteiger partial charge on any atom is -0.311 e. The molecule has 1 aromatic carbocycles. The van der Waals surface area contributed by atoms with Gasteiger partial charge in [-0.05, 0) is 17.0 Å². The van der Waals surface area contributed by atoms with Gasteiger partial charge in [0.25, 0.3) is 0 Å². The van der Waals surface area contributed by atoms with Crippen LogP contribution in [0.5, 0.6) is 0 Å². The molecule has 102 valence electrons. The molecule has 0 saturated carbocycles. The van der Waals surface area contributed by atoms with Crippen molar-refractivity contribution >= 4 is 10.0 Å². The summed E-state index contributed by atoms with van der Waals surface area (Å²) in [5.74, 6) is 0.547. The smallest absolute Gasteiger partial charge is 0.208 e. The van der Waals surface area contributed by atoms with Gasteiger partial charge in [-0.3, -0.25) is 0 Å². The summed E-state index contributed by atoms with van der Waals surface area (Å²) in [7, 11) is -3.07. The Balaban J connectivity index is 2.27. The molecule has 4 nitrogen and oxygen atoms in total. The topological polar surface area (TPSA) is 58.2 Å². The lowest BCUT2D eigenvalue weighted by molar-refractivity contribution is 0.582. The Bertz CT molecular complexity index is 452. The molecule has 1 aromatic rings. The van der Waals surface area contributed by atoms with Crippen LogP contribution in [-0.4, -0.2) is 27.8 Å². The first-order valence-electron chi connectivity index (χ1n) is 6.12. The monoisotopic (exact) mass is 270 g/mol. The first kappa shape index (κ1) is 15.1. The quantitative estimate of drug-likeness (QED) is 0.737. The number of hydrogen-bond donors (Lipinski definition) is 2. The Hall–Kier alpha value is -0.910. The number of nitrogens with one attached hydrogen (secondary N) is 2. The molecular formula is C13H22N2O2S. The highest BCUT2D eigenvalue weighted by Gasteiger charge is 2.00. The van der Waals surface area contributed by atoms with E-state index in [4.69, 9.17) is 0 Å². The normalized spacial score (nSPS) is 12.0. The van der Waals surface area contributed by atoms with Crippen LogP contribution in [-0.2, 0) is 16.6 Å². The molecule has 0 saturated heterocycles. The number of hydrogen-bond acceptors (Lipinski definition) is 3. The maximum absolute atomic E-state index is 10.8. The molecule has 0 aliphatic heterocycles. The molecule has 0 fully saturated rings. The molecule has 0 unspecified atom stereocenters. The molecule has 1 rings (SSSR count). The van der Waals surface area contributed by atoms with Crippen LogP contribution >= 0.6 is 0 Å². The lowest BCUT2D eigenvalue weighted by atomic mass is 10.0. The van der Waals surface area contributed by atoms with Crippen LogP contribution in [0.4, 0.5) is 0 Å². The van der Waals surface area contributed by atoms with Crippen LogP contribution in [0.15, 0.2) is 24.3 Å². The molecular weight excluding hydrogens is 248 g/mol. The van der Waals surface area contributed by atoms with Gasteiger partial charge in [0, 0.05) is 19.6 Å². The van der Waals surface area contributed by atoms with Crippen molar-refractivity contribution in [1.82, 2.24) is 10.0 Å². The number of rotatable bonds is 7. The van der Waals surface area contributed by atoms with E-state index >= 15 is 0 Å². The highest BCUT2D eigenvalue weighted by atomic mass is 32.2. The highest BCUT2D eigenvalue weighted by molar-refractivity contribution is 7.88. The predicted molar refractivity (Wildman–Crippen MR) is 75.1 cm³/mol. The number of sulfonamides is 1. The molecule has 0 aliphatic carbocycles. The largest absolute Gasteiger partial charge is 0.311 e. The fraction of sp³-hybridized carbons (Fsp3) is 0.538. The van der Waals surface area contributed by atoms with E-state index in [1.54, 1.807) is 0 Å². The first-order valence-corrected chi connectivity index (χ1v) is 8.02. The summed E-state index contributed by atoms with van der Waals surface area (Å²) in [6.45, 7) is 6.14. The maximum atomic E-state index is 10.8. The Kier molecular flexibility index (Phi) is 5.78. The van der Waals surface area contributed by atoms with E-state index in [0.29, 0.717) is 19.0 Å². The van der Waals surface area contributed by atoms with Crippen molar-refractivity contribution in [2.24, 2.45) is 0 Å². The summed E-state index contributed by atoms with van der Waals surface area (Å²) in [5, 5.41) is 3.20. The van der Waals surface area contributed by atoms with Gasteiger partial charge in [-0.1, -0.05) is 38.1 Å². The van der Waals surface area contributed by atoms with E-state index in [1.807, 2.05) is 0 Å². The zero-order valence-electron chi connectivity index (χ0n) is 11.2. The van der Waals surface area contributed by atoms with Crippen molar-refractivity contribution in [3.63, 3.8) is 0 Å². The molecule has 0 heterocycles. The second-order valence-electron chi connectivity index (χ2n) is 4.74. The van der Waals surface area contributed by atoms with Gasteiger partial charge < -0.3 is 5.32 Å². The van der Waals surface area contributed by atoms with E-state index in [1.165, 1.54) is 11.1 Å². The Morgan fingerprint density at radius 1 is 1.11 bits per heavy atom. The lowest BCUT2D eigenvalue weighted by Crippen LogP contribution is -2.30. The van der Waals surface area contributed by atoms with Crippen LogP contribution < -0.4 is 10.0 Å². The summed E-state index contributed by atoms with van der Waals surface area (Å²) in [6.07, 6.45) is 1.16. The number of benzene rings is 1. The van der Waals surface area contributed by atoms with E-state index < -0.39 is 10.0 Å². The van der Waals surface area contributed by atoms with E-state index in [-0.39, 0.29) is 0 Å². The van der Waals surface area contributed by atoms with Crippen molar-refractivity contribution < 1.29 is 8.42 Å². The van der Waals surface area contributed by atoms with Crippen molar-refractivity contribution in [1.29, 1.82) is 0 Å². The second-order valence-corrected chi connectivity index (χ2v) is 6.57.